The Morgan fingerprint density at radius 1 is 1.43 bits per heavy atom. The van der Waals surface area contributed by atoms with Crippen LogP contribution in [0.2, 0.25) is 0 Å². The number of halogens is 2. The van der Waals surface area contributed by atoms with Crippen molar-refractivity contribution in [3.8, 4) is 0 Å². The number of nitrogens with one attached hydrogen (secondary N) is 2. The van der Waals surface area contributed by atoms with Crippen molar-refractivity contribution in [1.82, 2.24) is 15.5 Å². The van der Waals surface area contributed by atoms with Crippen molar-refractivity contribution in [2.75, 3.05) is 26.7 Å². The summed E-state index contributed by atoms with van der Waals surface area (Å²) >= 11 is 0. The maximum atomic E-state index is 13.7. The van der Waals surface area contributed by atoms with Gasteiger partial charge in [0.1, 0.15) is 5.82 Å². The maximum Gasteiger partial charge on any atom is 0.225 e. The van der Waals surface area contributed by atoms with Gasteiger partial charge in [0.25, 0.3) is 0 Å². The third kappa shape index (κ3) is 7.20. The highest BCUT2D eigenvalue weighted by Gasteiger charge is 2.27. The fraction of sp³-hybridized carbons (Fsp3) is 0.600. The van der Waals surface area contributed by atoms with Crippen molar-refractivity contribution in [1.29, 1.82) is 0 Å². The fourth-order valence-electron chi connectivity index (χ4n) is 3.12. The number of ether oxygens (including phenoxy) is 1. The Labute approximate surface area is 184 Å². The van der Waals surface area contributed by atoms with Gasteiger partial charge in [0.15, 0.2) is 5.96 Å². The average Bonchev–Trinajstić information content (AvgIpc) is 3.10. The third-order valence-electron chi connectivity index (χ3n) is 4.51. The molecule has 1 unspecified atom stereocenters. The van der Waals surface area contributed by atoms with Crippen LogP contribution in [0, 0.1) is 11.7 Å². The molecule has 0 bridgehead atoms. The van der Waals surface area contributed by atoms with Gasteiger partial charge >= 0.3 is 0 Å². The van der Waals surface area contributed by atoms with Crippen molar-refractivity contribution in [2.45, 2.75) is 46.4 Å². The lowest BCUT2D eigenvalue weighted by atomic mass is 10.1. The van der Waals surface area contributed by atoms with E-state index in [2.05, 4.69) is 15.6 Å². The Balaban J connectivity index is 0.00000392. The first-order valence-electron chi connectivity index (χ1n) is 9.54. The molecule has 1 aliphatic heterocycles. The topological polar surface area (TPSA) is 66.0 Å². The van der Waals surface area contributed by atoms with Gasteiger partial charge in [-0.3, -0.25) is 4.79 Å². The summed E-state index contributed by atoms with van der Waals surface area (Å²) in [7, 11) is 1.55. The largest absolute Gasteiger partial charge is 0.380 e. The van der Waals surface area contributed by atoms with Gasteiger partial charge in [-0.2, -0.15) is 0 Å². The molecule has 1 aromatic rings. The average molecular weight is 506 g/mol. The summed E-state index contributed by atoms with van der Waals surface area (Å²) in [4.78, 5) is 18.7. The molecule has 0 saturated carbocycles. The van der Waals surface area contributed by atoms with Crippen LogP contribution in [0.5, 0.6) is 0 Å². The second kappa shape index (κ2) is 12.2. The molecule has 0 radical (unpaired) electrons. The Morgan fingerprint density at radius 3 is 2.82 bits per heavy atom. The summed E-state index contributed by atoms with van der Waals surface area (Å²) in [6.45, 7) is 8.74. The van der Waals surface area contributed by atoms with Crippen LogP contribution in [0.25, 0.3) is 0 Å². The van der Waals surface area contributed by atoms with E-state index in [1.54, 1.807) is 19.2 Å². The standard InChI is InChI=1S/C20H31FN4O2.HI/c1-5-22-20(24-17-8-9-25(12-17)19(26)14(2)3)23-11-15-6-7-18(21)16(10-15)13-27-4;/h6-7,10,14,17H,5,8-9,11-13H2,1-4H3,(H2,22,23,24);1H. The van der Waals surface area contributed by atoms with E-state index in [0.717, 1.165) is 25.1 Å². The lowest BCUT2D eigenvalue weighted by molar-refractivity contribution is -0.133. The molecular formula is C20H32FIN4O2. The van der Waals surface area contributed by atoms with Crippen LogP contribution in [0.1, 0.15) is 38.3 Å². The van der Waals surface area contributed by atoms with Gasteiger partial charge in [-0.15, -0.1) is 24.0 Å². The predicted octanol–water partition coefficient (Wildman–Crippen LogP) is 2.90. The van der Waals surface area contributed by atoms with Gasteiger partial charge in [-0.1, -0.05) is 19.9 Å². The zero-order valence-electron chi connectivity index (χ0n) is 17.1. The van der Waals surface area contributed by atoms with Crippen LogP contribution >= 0.6 is 24.0 Å². The fourth-order valence-corrected chi connectivity index (χ4v) is 3.12. The molecule has 8 heteroatoms. The minimum absolute atomic E-state index is 0. The van der Waals surface area contributed by atoms with Crippen molar-refractivity contribution < 1.29 is 13.9 Å². The van der Waals surface area contributed by atoms with E-state index >= 15 is 0 Å². The molecule has 1 aromatic carbocycles. The minimum Gasteiger partial charge on any atom is -0.380 e. The van der Waals surface area contributed by atoms with E-state index in [-0.39, 0.29) is 54.3 Å². The molecule has 1 atom stereocenters. The number of benzene rings is 1. The highest BCUT2D eigenvalue weighted by molar-refractivity contribution is 14.0. The molecule has 1 fully saturated rings. The Morgan fingerprint density at radius 2 is 2.18 bits per heavy atom. The van der Waals surface area contributed by atoms with E-state index in [1.165, 1.54) is 6.07 Å². The zero-order valence-corrected chi connectivity index (χ0v) is 19.5. The Bertz CT molecular complexity index is 670. The molecule has 1 heterocycles. The Hall–Kier alpha value is -1.42. The van der Waals surface area contributed by atoms with Crippen LogP contribution < -0.4 is 10.6 Å². The van der Waals surface area contributed by atoms with Crippen LogP contribution in [-0.4, -0.2) is 49.6 Å². The molecule has 0 spiro atoms. The van der Waals surface area contributed by atoms with Gasteiger partial charge < -0.3 is 20.3 Å². The summed E-state index contributed by atoms with van der Waals surface area (Å²) < 4.78 is 18.8. The van der Waals surface area contributed by atoms with Crippen LogP contribution in [0.4, 0.5) is 4.39 Å². The lowest BCUT2D eigenvalue weighted by Crippen LogP contribution is -2.45. The summed E-state index contributed by atoms with van der Waals surface area (Å²) in [5.41, 5.74) is 1.45. The first kappa shape index (κ1) is 24.6. The van der Waals surface area contributed by atoms with E-state index in [1.807, 2.05) is 25.7 Å². The number of likely N-dealkylation sites (tertiary alicyclic amines) is 1. The van der Waals surface area contributed by atoms with Crippen LogP contribution in [-0.2, 0) is 22.7 Å². The van der Waals surface area contributed by atoms with Gasteiger partial charge in [0, 0.05) is 44.3 Å². The van der Waals surface area contributed by atoms with E-state index in [0.29, 0.717) is 24.6 Å². The third-order valence-corrected chi connectivity index (χ3v) is 4.51. The van der Waals surface area contributed by atoms with Crippen molar-refractivity contribution in [3.05, 3.63) is 35.1 Å². The van der Waals surface area contributed by atoms with Gasteiger partial charge in [-0.25, -0.2) is 9.38 Å². The minimum atomic E-state index is -0.268. The number of guanidine groups is 1. The molecule has 1 saturated heterocycles. The first-order valence-corrected chi connectivity index (χ1v) is 9.54. The second-order valence-corrected chi connectivity index (χ2v) is 7.12. The summed E-state index contributed by atoms with van der Waals surface area (Å²) in [6.07, 6.45) is 0.900. The molecular weight excluding hydrogens is 474 g/mol. The van der Waals surface area contributed by atoms with E-state index in [4.69, 9.17) is 4.74 Å². The second-order valence-electron chi connectivity index (χ2n) is 7.12. The molecule has 28 heavy (non-hydrogen) atoms. The molecule has 158 valence electrons. The predicted molar refractivity (Wildman–Crippen MR) is 120 cm³/mol. The van der Waals surface area contributed by atoms with Crippen LogP contribution in [0.15, 0.2) is 23.2 Å². The Kier molecular flexibility index (Phi) is 10.7. The quantitative estimate of drug-likeness (QED) is 0.339. The first-order chi connectivity index (χ1) is 12.9. The maximum absolute atomic E-state index is 13.7. The van der Waals surface area contributed by atoms with Gasteiger partial charge in [0.05, 0.1) is 13.2 Å². The highest BCUT2D eigenvalue weighted by Crippen LogP contribution is 2.14. The number of carbonyl (C=O) groups excluding carboxylic acids is 1. The zero-order chi connectivity index (χ0) is 19.8. The number of amides is 1. The smallest absolute Gasteiger partial charge is 0.225 e. The van der Waals surface area contributed by atoms with Gasteiger partial charge in [-0.05, 0) is 31.0 Å². The highest BCUT2D eigenvalue weighted by atomic mass is 127. The summed E-state index contributed by atoms with van der Waals surface area (Å²) in [5.74, 6) is 0.651. The van der Waals surface area contributed by atoms with Crippen LogP contribution in [0.3, 0.4) is 0 Å². The number of hydrogen-bond acceptors (Lipinski definition) is 3. The molecule has 0 aliphatic carbocycles. The van der Waals surface area contributed by atoms with Crippen molar-refractivity contribution in [3.63, 3.8) is 0 Å². The number of methoxy groups -OCH3 is 1. The van der Waals surface area contributed by atoms with E-state index < -0.39 is 0 Å². The lowest BCUT2D eigenvalue weighted by Gasteiger charge is -2.20. The van der Waals surface area contributed by atoms with Gasteiger partial charge in [0.2, 0.25) is 5.91 Å². The molecule has 1 amide bonds. The summed E-state index contributed by atoms with van der Waals surface area (Å²) in [6, 6.07) is 5.15. The number of carbonyl (C=O) groups is 1. The molecule has 2 N–H and O–H groups in total. The van der Waals surface area contributed by atoms with Crippen molar-refractivity contribution >= 4 is 35.8 Å². The number of hydrogen-bond donors (Lipinski definition) is 2. The van der Waals surface area contributed by atoms with E-state index in [9.17, 15) is 9.18 Å². The van der Waals surface area contributed by atoms with Crippen molar-refractivity contribution in [2.24, 2.45) is 10.9 Å². The monoisotopic (exact) mass is 506 g/mol. The number of aliphatic imine (C=N–C) groups is 1. The molecule has 1 aliphatic rings. The molecule has 6 nitrogen and oxygen atoms in total. The number of rotatable bonds is 7. The SMILES string of the molecule is CCNC(=NCc1ccc(F)c(COC)c1)NC1CCN(C(=O)C(C)C)C1.I. The normalized spacial score (nSPS) is 16.9. The molecule has 0 aromatic heterocycles. The molecule has 2 rings (SSSR count). The number of nitrogens with zero attached hydrogens (tertiary/aromatic N) is 2. The summed E-state index contributed by atoms with van der Waals surface area (Å²) in [5, 5.41) is 6.64.